The van der Waals surface area contributed by atoms with Crippen LogP contribution < -0.4 is 4.74 Å². The Balaban J connectivity index is 1.40. The molecule has 0 unspecified atom stereocenters. The third kappa shape index (κ3) is 7.65. The van der Waals surface area contributed by atoms with Crippen molar-refractivity contribution in [3.63, 3.8) is 0 Å². The van der Waals surface area contributed by atoms with Crippen LogP contribution in [0.4, 0.5) is 0 Å². The van der Waals surface area contributed by atoms with E-state index in [4.69, 9.17) is 21.1 Å². The van der Waals surface area contributed by atoms with Gasteiger partial charge in [0, 0.05) is 49.5 Å². The number of halogens is 1. The second kappa shape index (κ2) is 12.9. The lowest BCUT2D eigenvalue weighted by molar-refractivity contribution is -0.141. The molecule has 3 aromatic rings. The lowest BCUT2D eigenvalue weighted by Gasteiger charge is -2.38. The van der Waals surface area contributed by atoms with E-state index in [0.29, 0.717) is 24.5 Å². The third-order valence-electron chi connectivity index (χ3n) is 6.63. The molecular formula is C30H33ClN2O4. The van der Waals surface area contributed by atoms with E-state index in [2.05, 4.69) is 28.1 Å². The van der Waals surface area contributed by atoms with Gasteiger partial charge in [0.05, 0.1) is 5.60 Å². The minimum absolute atomic E-state index is 0.216. The first-order valence-corrected chi connectivity index (χ1v) is 13.0. The Morgan fingerprint density at radius 2 is 1.84 bits per heavy atom. The quantitative estimate of drug-likeness (QED) is 0.282. The summed E-state index contributed by atoms with van der Waals surface area (Å²) in [5, 5.41) is 11.8. The van der Waals surface area contributed by atoms with Gasteiger partial charge >= 0.3 is 5.97 Å². The fourth-order valence-electron chi connectivity index (χ4n) is 4.61. The van der Waals surface area contributed by atoms with Gasteiger partial charge in [0.15, 0.2) is 0 Å². The Kier molecular flexibility index (Phi) is 9.34. The molecule has 4 rings (SSSR count). The molecule has 0 bridgehead atoms. The average Bonchev–Trinajstić information content (AvgIpc) is 2.91. The van der Waals surface area contributed by atoms with E-state index in [-0.39, 0.29) is 12.6 Å². The molecule has 37 heavy (non-hydrogen) atoms. The zero-order valence-electron chi connectivity index (χ0n) is 21.1. The molecule has 7 heteroatoms. The predicted octanol–water partition coefficient (Wildman–Crippen LogP) is 5.48. The maximum atomic E-state index is 11.2. The van der Waals surface area contributed by atoms with Crippen molar-refractivity contribution in [1.29, 1.82) is 0 Å². The summed E-state index contributed by atoms with van der Waals surface area (Å²) in [4.78, 5) is 17.7. The molecule has 0 spiro atoms. The van der Waals surface area contributed by atoms with Crippen molar-refractivity contribution in [2.45, 2.75) is 31.8 Å². The molecule has 1 aliphatic heterocycles. The highest BCUT2D eigenvalue weighted by molar-refractivity contribution is 6.30. The summed E-state index contributed by atoms with van der Waals surface area (Å²) in [6.07, 6.45) is 8.13. The second-order valence-electron chi connectivity index (χ2n) is 9.24. The van der Waals surface area contributed by atoms with Crippen molar-refractivity contribution in [3.05, 3.63) is 101 Å². The van der Waals surface area contributed by atoms with E-state index < -0.39 is 5.60 Å². The molecule has 0 radical (unpaired) electrons. The fourth-order valence-corrected chi connectivity index (χ4v) is 4.74. The molecule has 1 aromatic heterocycles. The summed E-state index contributed by atoms with van der Waals surface area (Å²) >= 11 is 6.02. The Morgan fingerprint density at radius 1 is 1.08 bits per heavy atom. The summed E-state index contributed by atoms with van der Waals surface area (Å²) < 4.78 is 10.7. The topological polar surface area (TPSA) is 71.9 Å². The Labute approximate surface area is 223 Å². The van der Waals surface area contributed by atoms with Crippen LogP contribution in [0.5, 0.6) is 5.75 Å². The van der Waals surface area contributed by atoms with Gasteiger partial charge in [0.2, 0.25) is 0 Å². The Hall–Kier alpha value is -3.19. The number of esters is 1. The summed E-state index contributed by atoms with van der Waals surface area (Å²) in [6.45, 7) is 4.47. The molecule has 1 aliphatic rings. The van der Waals surface area contributed by atoms with Gasteiger partial charge in [-0.1, -0.05) is 48.0 Å². The van der Waals surface area contributed by atoms with Crippen molar-refractivity contribution in [2.24, 2.45) is 0 Å². The minimum atomic E-state index is -0.798. The summed E-state index contributed by atoms with van der Waals surface area (Å²) in [5.41, 5.74) is 3.30. The van der Waals surface area contributed by atoms with E-state index in [1.54, 1.807) is 6.20 Å². The van der Waals surface area contributed by atoms with E-state index >= 15 is 0 Å². The van der Waals surface area contributed by atoms with E-state index in [9.17, 15) is 9.90 Å². The first-order chi connectivity index (χ1) is 17.9. The van der Waals surface area contributed by atoms with Gasteiger partial charge in [0.1, 0.15) is 19.0 Å². The number of nitrogens with zero attached hydrogens (tertiary/aromatic N) is 2. The van der Waals surface area contributed by atoms with Crippen LogP contribution in [0.3, 0.4) is 0 Å². The highest BCUT2D eigenvalue weighted by Gasteiger charge is 2.33. The molecule has 0 atom stereocenters. The Bertz CT molecular complexity index is 1190. The Morgan fingerprint density at radius 3 is 2.54 bits per heavy atom. The van der Waals surface area contributed by atoms with E-state index in [1.165, 1.54) is 6.92 Å². The van der Waals surface area contributed by atoms with Crippen LogP contribution in [-0.4, -0.2) is 53.8 Å². The van der Waals surface area contributed by atoms with Crippen LogP contribution in [0.15, 0.2) is 79.1 Å². The van der Waals surface area contributed by atoms with Crippen molar-refractivity contribution in [3.8, 4) is 5.75 Å². The first kappa shape index (κ1) is 26.9. The van der Waals surface area contributed by atoms with Gasteiger partial charge in [-0.05, 0) is 66.3 Å². The molecular weight excluding hydrogens is 488 g/mol. The van der Waals surface area contributed by atoms with Crippen molar-refractivity contribution >= 4 is 23.1 Å². The molecule has 1 fully saturated rings. The first-order valence-electron chi connectivity index (χ1n) is 12.6. The molecule has 1 saturated heterocycles. The van der Waals surface area contributed by atoms with Crippen LogP contribution in [-0.2, 0) is 15.1 Å². The van der Waals surface area contributed by atoms with Gasteiger partial charge in [-0.3, -0.25) is 9.78 Å². The molecule has 0 amide bonds. The van der Waals surface area contributed by atoms with Gasteiger partial charge in [-0.25, -0.2) is 0 Å². The highest BCUT2D eigenvalue weighted by atomic mass is 35.5. The zero-order valence-corrected chi connectivity index (χ0v) is 21.9. The summed E-state index contributed by atoms with van der Waals surface area (Å²) in [7, 11) is 0. The van der Waals surface area contributed by atoms with E-state index in [0.717, 1.165) is 54.1 Å². The number of piperidine rings is 1. The number of hydrogen-bond acceptors (Lipinski definition) is 6. The number of aromatic nitrogens is 1. The van der Waals surface area contributed by atoms with Gasteiger partial charge < -0.3 is 19.5 Å². The number of likely N-dealkylation sites (tertiary alicyclic amines) is 1. The van der Waals surface area contributed by atoms with Crippen LogP contribution in [0.1, 0.15) is 42.9 Å². The lowest BCUT2D eigenvalue weighted by Crippen LogP contribution is -2.42. The van der Waals surface area contributed by atoms with Crippen molar-refractivity contribution in [1.82, 2.24) is 9.88 Å². The fraction of sp³-hybridized carbons (Fsp3) is 0.333. The number of aliphatic hydroxyl groups is 1. The number of rotatable bonds is 10. The molecule has 194 valence electrons. The largest absolute Gasteiger partial charge is 0.490 e. The van der Waals surface area contributed by atoms with Crippen molar-refractivity contribution < 1.29 is 19.4 Å². The van der Waals surface area contributed by atoms with Crippen LogP contribution >= 0.6 is 11.6 Å². The SMILES string of the molecule is CC(=O)OCCOc1cccc(/C(=C/CCN2CCC(O)(c3ccc(Cl)cc3)CC2)c2cccnc2)c1. The molecule has 0 aliphatic carbocycles. The maximum absolute atomic E-state index is 11.2. The standard InChI is InChI=1S/C30H33ClN2O4/c1-23(34)36-19-20-37-28-7-2-5-24(21-28)29(25-6-3-15-32-22-25)8-4-16-33-17-13-30(35,14-18-33)26-9-11-27(31)12-10-26/h2-3,5-12,15,21-22,35H,4,13-14,16-20H2,1H3/b29-8-. The van der Waals surface area contributed by atoms with Gasteiger partial charge in [-0.15, -0.1) is 0 Å². The summed E-state index contributed by atoms with van der Waals surface area (Å²) in [5.74, 6) is 0.402. The molecule has 6 nitrogen and oxygen atoms in total. The smallest absolute Gasteiger partial charge is 0.302 e. The minimum Gasteiger partial charge on any atom is -0.490 e. The number of carbonyl (C=O) groups is 1. The maximum Gasteiger partial charge on any atom is 0.302 e. The zero-order chi connectivity index (χ0) is 26.1. The van der Waals surface area contributed by atoms with Crippen LogP contribution in [0.2, 0.25) is 5.02 Å². The number of hydrogen-bond donors (Lipinski definition) is 1. The third-order valence-corrected chi connectivity index (χ3v) is 6.89. The number of ether oxygens (including phenoxy) is 2. The predicted molar refractivity (Wildman–Crippen MR) is 146 cm³/mol. The van der Waals surface area contributed by atoms with Gasteiger partial charge in [-0.2, -0.15) is 0 Å². The highest BCUT2D eigenvalue weighted by Crippen LogP contribution is 2.33. The number of pyridine rings is 1. The van der Waals surface area contributed by atoms with E-state index in [1.807, 2.05) is 54.7 Å². The molecule has 1 N–H and O–H groups in total. The summed E-state index contributed by atoms with van der Waals surface area (Å²) in [6, 6.07) is 19.4. The molecule has 0 saturated carbocycles. The monoisotopic (exact) mass is 520 g/mol. The van der Waals surface area contributed by atoms with Crippen LogP contribution in [0, 0.1) is 0 Å². The van der Waals surface area contributed by atoms with Crippen LogP contribution in [0.25, 0.3) is 5.57 Å². The molecule has 2 heterocycles. The normalized spacial score (nSPS) is 15.8. The number of benzene rings is 2. The average molecular weight is 521 g/mol. The second-order valence-corrected chi connectivity index (χ2v) is 9.68. The van der Waals surface area contributed by atoms with Gasteiger partial charge in [0.25, 0.3) is 0 Å². The molecule has 2 aromatic carbocycles. The number of carbonyl (C=O) groups excluding carboxylic acids is 1. The lowest BCUT2D eigenvalue weighted by atomic mass is 9.84. The van der Waals surface area contributed by atoms with Crippen molar-refractivity contribution in [2.75, 3.05) is 32.8 Å².